The van der Waals surface area contributed by atoms with Gasteiger partial charge in [-0.3, -0.25) is 9.20 Å². The van der Waals surface area contributed by atoms with Crippen molar-refractivity contribution >= 4 is 17.4 Å². The highest BCUT2D eigenvalue weighted by Gasteiger charge is 2.54. The molecule has 0 N–H and O–H groups in total. The van der Waals surface area contributed by atoms with Gasteiger partial charge in [0.1, 0.15) is 22.5 Å². The summed E-state index contributed by atoms with van der Waals surface area (Å²) in [5, 5.41) is 4.25. The summed E-state index contributed by atoms with van der Waals surface area (Å²) < 4.78 is 49.4. The third-order valence-corrected chi connectivity index (χ3v) is 7.61. The van der Waals surface area contributed by atoms with E-state index in [9.17, 15) is 22.8 Å². The molecule has 5 heterocycles. The molecular weight excluding hydrogens is 525 g/mol. The lowest BCUT2D eigenvalue weighted by Gasteiger charge is -2.40. The summed E-state index contributed by atoms with van der Waals surface area (Å²) >= 11 is 0. The lowest BCUT2D eigenvalue weighted by atomic mass is 9.84. The van der Waals surface area contributed by atoms with Gasteiger partial charge >= 0.3 is 12.3 Å². The highest BCUT2D eigenvalue weighted by molar-refractivity contribution is 5.70. The predicted octanol–water partition coefficient (Wildman–Crippen LogP) is 5.38. The first kappa shape index (κ1) is 26.3. The number of piperidine rings is 1. The predicted molar refractivity (Wildman–Crippen MR) is 140 cm³/mol. The van der Waals surface area contributed by atoms with Gasteiger partial charge < -0.3 is 9.64 Å². The number of ether oxygens (including phenoxy) is 1. The smallest absolute Gasteiger partial charge is 0.420 e. The lowest BCUT2D eigenvalue weighted by Crippen LogP contribution is -2.49. The summed E-state index contributed by atoms with van der Waals surface area (Å²) in [7, 11) is 0. The lowest BCUT2D eigenvalue weighted by molar-refractivity contribution is -0.136. The molecule has 1 saturated heterocycles. The quantitative estimate of drug-likeness (QED) is 0.330. The molecule has 1 aliphatic heterocycles. The fourth-order valence-electron chi connectivity index (χ4n) is 5.61. The number of pyridine rings is 1. The number of hydrogen-bond donors (Lipinski definition) is 0. The van der Waals surface area contributed by atoms with E-state index in [0.717, 1.165) is 41.8 Å². The second-order valence-corrected chi connectivity index (χ2v) is 11.8. The van der Waals surface area contributed by atoms with Gasteiger partial charge in [0.25, 0.3) is 5.56 Å². The summed E-state index contributed by atoms with van der Waals surface area (Å²) in [5.74, 6) is 0.139. The van der Waals surface area contributed by atoms with Gasteiger partial charge in [0.2, 0.25) is 0 Å². The van der Waals surface area contributed by atoms with Crippen molar-refractivity contribution in [2.24, 2.45) is 0 Å². The molecule has 210 valence electrons. The van der Waals surface area contributed by atoms with Crippen molar-refractivity contribution in [2.45, 2.75) is 76.6 Å². The Hall–Kier alpha value is -3.96. The minimum Gasteiger partial charge on any atom is -0.444 e. The zero-order chi connectivity index (χ0) is 28.6. The molecule has 1 saturated carbocycles. The molecule has 40 heavy (non-hydrogen) atoms. The van der Waals surface area contributed by atoms with Crippen LogP contribution in [0.25, 0.3) is 22.7 Å². The van der Waals surface area contributed by atoms with Crippen molar-refractivity contribution in [1.29, 1.82) is 0 Å². The van der Waals surface area contributed by atoms with E-state index in [0.29, 0.717) is 17.9 Å². The summed E-state index contributed by atoms with van der Waals surface area (Å²) in [5.41, 5.74) is -0.863. The van der Waals surface area contributed by atoms with Crippen LogP contribution in [0, 0.1) is 6.92 Å². The Bertz CT molecular complexity index is 1710. The zero-order valence-corrected chi connectivity index (χ0v) is 22.6. The molecule has 0 unspecified atom stereocenters. The molecule has 0 aromatic carbocycles. The molecule has 1 amide bonds. The molecule has 1 spiro atoms. The Kier molecular flexibility index (Phi) is 5.76. The maximum Gasteiger partial charge on any atom is 0.420 e. The van der Waals surface area contributed by atoms with Gasteiger partial charge in [-0.05, 0) is 77.0 Å². The first-order valence-corrected chi connectivity index (χ1v) is 13.2. The number of carbonyl (C=O) groups excluding carboxylic acids is 1. The monoisotopic (exact) mass is 554 g/mol. The van der Waals surface area contributed by atoms with E-state index in [1.54, 1.807) is 19.2 Å². The Morgan fingerprint density at radius 1 is 1.07 bits per heavy atom. The summed E-state index contributed by atoms with van der Waals surface area (Å²) in [6.45, 7) is 7.70. The SMILES string of the molecule is Cc1cn2nc(-c3cc(=O)n4cc([C@@H]5CCN(C(=O)OC(C)(C)C)C6(CC6)C5)ccc4n3)cc(C(F)(F)F)c2n1. The van der Waals surface area contributed by atoms with Gasteiger partial charge in [0.15, 0.2) is 5.65 Å². The van der Waals surface area contributed by atoms with Crippen molar-refractivity contribution in [3.8, 4) is 11.4 Å². The normalized spacial score (nSPS) is 19.0. The molecule has 2 fully saturated rings. The number of imidazole rings is 1. The molecular formula is C28H29F3N6O3. The van der Waals surface area contributed by atoms with Crippen LogP contribution in [0.15, 0.2) is 41.5 Å². The summed E-state index contributed by atoms with van der Waals surface area (Å²) in [4.78, 5) is 36.2. The van der Waals surface area contributed by atoms with E-state index < -0.39 is 22.9 Å². The number of halogens is 3. The Morgan fingerprint density at radius 2 is 1.82 bits per heavy atom. The number of aryl methyl sites for hydroxylation is 1. The third kappa shape index (κ3) is 4.69. The number of aromatic nitrogens is 5. The van der Waals surface area contributed by atoms with Crippen LogP contribution in [-0.4, -0.2) is 52.7 Å². The largest absolute Gasteiger partial charge is 0.444 e. The molecule has 2 aliphatic rings. The van der Waals surface area contributed by atoms with Crippen LogP contribution in [0.1, 0.15) is 69.2 Å². The maximum atomic E-state index is 13.8. The van der Waals surface area contributed by atoms with Crippen LogP contribution in [-0.2, 0) is 10.9 Å². The molecule has 1 atom stereocenters. The summed E-state index contributed by atoms with van der Waals surface area (Å²) in [6.07, 6.45) is 1.51. The van der Waals surface area contributed by atoms with Crippen molar-refractivity contribution < 1.29 is 22.7 Å². The minimum absolute atomic E-state index is 0.0408. The number of amides is 1. The second-order valence-electron chi connectivity index (χ2n) is 11.8. The van der Waals surface area contributed by atoms with Gasteiger partial charge in [0.05, 0.1) is 17.6 Å². The molecule has 9 nitrogen and oxygen atoms in total. The average molecular weight is 555 g/mol. The number of alkyl halides is 3. The topological polar surface area (TPSA) is 94.1 Å². The fraction of sp³-hybridized carbons (Fsp3) is 0.464. The first-order valence-electron chi connectivity index (χ1n) is 13.2. The van der Waals surface area contributed by atoms with Gasteiger partial charge in [-0.15, -0.1) is 0 Å². The van der Waals surface area contributed by atoms with Crippen molar-refractivity contribution in [3.63, 3.8) is 0 Å². The number of carbonyl (C=O) groups is 1. The number of fused-ring (bicyclic) bond motifs is 2. The van der Waals surface area contributed by atoms with Crippen molar-refractivity contribution in [2.75, 3.05) is 6.54 Å². The molecule has 4 aromatic rings. The van der Waals surface area contributed by atoms with Crippen LogP contribution < -0.4 is 5.56 Å². The van der Waals surface area contributed by atoms with Gasteiger partial charge in [-0.25, -0.2) is 19.3 Å². The van der Waals surface area contributed by atoms with Crippen LogP contribution in [0.5, 0.6) is 0 Å². The molecule has 12 heteroatoms. The fourth-order valence-corrected chi connectivity index (χ4v) is 5.61. The number of nitrogens with zero attached hydrogens (tertiary/aromatic N) is 6. The minimum atomic E-state index is -4.66. The standard InChI is InChI=1S/C28H29F3N6O3/c1-16-14-37-24(32-16)19(28(29,30)31)11-21(34-37)20-12-23(38)35-15-18(5-6-22(35)33-20)17-7-10-36(27(13-17)8-9-27)25(39)40-26(2,3)4/h5-6,11-12,14-15,17H,7-10,13H2,1-4H3/t17-/m1/s1. The van der Waals surface area contributed by atoms with Gasteiger partial charge in [-0.2, -0.15) is 18.3 Å². The van der Waals surface area contributed by atoms with Crippen LogP contribution in [0.2, 0.25) is 0 Å². The van der Waals surface area contributed by atoms with Gasteiger partial charge in [-0.1, -0.05) is 6.07 Å². The Morgan fingerprint density at radius 3 is 2.50 bits per heavy atom. The number of hydrogen-bond acceptors (Lipinski definition) is 6. The van der Waals surface area contributed by atoms with Crippen molar-refractivity contribution in [1.82, 2.24) is 28.9 Å². The third-order valence-electron chi connectivity index (χ3n) is 7.61. The second kappa shape index (κ2) is 8.77. The highest BCUT2D eigenvalue weighted by atomic mass is 19.4. The van der Waals surface area contributed by atoms with Crippen molar-refractivity contribution in [3.05, 3.63) is 63.8 Å². The van der Waals surface area contributed by atoms with Crippen LogP contribution >= 0.6 is 0 Å². The zero-order valence-electron chi connectivity index (χ0n) is 22.6. The Labute approximate surface area is 227 Å². The Balaban J connectivity index is 1.31. The average Bonchev–Trinajstić information content (AvgIpc) is 3.50. The highest BCUT2D eigenvalue weighted by Crippen LogP contribution is 2.52. The van der Waals surface area contributed by atoms with E-state index in [2.05, 4.69) is 15.1 Å². The number of likely N-dealkylation sites (tertiary alicyclic amines) is 1. The van der Waals surface area contributed by atoms with E-state index >= 15 is 0 Å². The summed E-state index contributed by atoms with van der Waals surface area (Å²) in [6, 6.07) is 5.67. The molecule has 0 bridgehead atoms. The van der Waals surface area contributed by atoms with E-state index in [1.165, 1.54) is 16.7 Å². The molecule has 1 aliphatic carbocycles. The number of rotatable bonds is 2. The molecule has 6 rings (SSSR count). The van der Waals surface area contributed by atoms with E-state index in [-0.39, 0.29) is 34.6 Å². The van der Waals surface area contributed by atoms with Gasteiger partial charge in [0, 0.05) is 24.3 Å². The maximum absolute atomic E-state index is 13.8. The molecule has 4 aromatic heterocycles. The van der Waals surface area contributed by atoms with Crippen LogP contribution in [0.3, 0.4) is 0 Å². The van der Waals surface area contributed by atoms with Crippen LogP contribution in [0.4, 0.5) is 18.0 Å². The first-order chi connectivity index (χ1) is 18.7. The van der Waals surface area contributed by atoms with E-state index in [4.69, 9.17) is 4.74 Å². The molecule has 0 radical (unpaired) electrons. The van der Waals surface area contributed by atoms with E-state index in [1.807, 2.05) is 31.7 Å².